The summed E-state index contributed by atoms with van der Waals surface area (Å²) in [5.41, 5.74) is 5.23. The number of methoxy groups -OCH3 is 1. The van der Waals surface area contributed by atoms with Crippen LogP contribution < -0.4 is 10.1 Å². The number of hydrogen-bond donors (Lipinski definition) is 1. The molecule has 21 heavy (non-hydrogen) atoms. The average Bonchev–Trinajstić information content (AvgIpc) is 2.43. The van der Waals surface area contributed by atoms with Crippen molar-refractivity contribution in [3.05, 3.63) is 58.7 Å². The predicted octanol–water partition coefficient (Wildman–Crippen LogP) is 3.80. The minimum atomic E-state index is -0.0397. The Balaban J connectivity index is 2.11. The summed E-state index contributed by atoms with van der Waals surface area (Å²) in [6, 6.07) is 11.8. The Hall–Kier alpha value is -2.29. The zero-order chi connectivity index (χ0) is 15.4. The molecule has 0 aliphatic heterocycles. The van der Waals surface area contributed by atoms with E-state index in [-0.39, 0.29) is 5.91 Å². The summed E-state index contributed by atoms with van der Waals surface area (Å²) in [5, 5.41) is 2.93. The van der Waals surface area contributed by atoms with Crippen LogP contribution in [-0.4, -0.2) is 13.0 Å². The molecule has 0 heterocycles. The SMILES string of the molecule is COc1ccc(C)cc1CC(=O)Nc1ccc(C)c(C)c1. The third-order valence-electron chi connectivity index (χ3n) is 3.58. The molecular weight excluding hydrogens is 262 g/mol. The molecule has 1 N–H and O–H groups in total. The van der Waals surface area contributed by atoms with E-state index in [1.54, 1.807) is 7.11 Å². The van der Waals surface area contributed by atoms with Crippen LogP contribution in [0, 0.1) is 20.8 Å². The van der Waals surface area contributed by atoms with Crippen molar-refractivity contribution in [2.24, 2.45) is 0 Å². The number of ether oxygens (including phenoxy) is 1. The highest BCUT2D eigenvalue weighted by atomic mass is 16.5. The molecule has 2 aromatic rings. The molecule has 0 spiro atoms. The fraction of sp³-hybridized carbons (Fsp3) is 0.278. The quantitative estimate of drug-likeness (QED) is 0.926. The van der Waals surface area contributed by atoms with E-state index in [4.69, 9.17) is 4.74 Å². The van der Waals surface area contributed by atoms with Crippen LogP contribution in [0.5, 0.6) is 5.75 Å². The second kappa shape index (κ2) is 6.44. The number of rotatable bonds is 4. The molecule has 0 fully saturated rings. The van der Waals surface area contributed by atoms with Gasteiger partial charge in [0.2, 0.25) is 5.91 Å². The highest BCUT2D eigenvalue weighted by Gasteiger charge is 2.09. The van der Waals surface area contributed by atoms with Crippen LogP contribution in [0.3, 0.4) is 0 Å². The van der Waals surface area contributed by atoms with Crippen molar-refractivity contribution < 1.29 is 9.53 Å². The number of aryl methyl sites for hydroxylation is 3. The number of anilines is 1. The van der Waals surface area contributed by atoms with Gasteiger partial charge in [-0.2, -0.15) is 0 Å². The molecular formula is C18H21NO2. The lowest BCUT2D eigenvalue weighted by Gasteiger charge is -2.11. The number of carbonyl (C=O) groups is 1. The van der Waals surface area contributed by atoms with Gasteiger partial charge in [0.15, 0.2) is 0 Å². The van der Waals surface area contributed by atoms with E-state index >= 15 is 0 Å². The number of carbonyl (C=O) groups excluding carboxylic acids is 1. The van der Waals surface area contributed by atoms with Crippen molar-refractivity contribution in [3.8, 4) is 5.75 Å². The zero-order valence-corrected chi connectivity index (χ0v) is 13.0. The molecule has 0 atom stereocenters. The van der Waals surface area contributed by atoms with Gasteiger partial charge in [-0.1, -0.05) is 23.8 Å². The van der Waals surface area contributed by atoms with Crippen LogP contribution in [0.25, 0.3) is 0 Å². The first-order valence-corrected chi connectivity index (χ1v) is 7.00. The Morgan fingerprint density at radius 1 is 1.05 bits per heavy atom. The lowest BCUT2D eigenvalue weighted by atomic mass is 10.1. The van der Waals surface area contributed by atoms with Gasteiger partial charge >= 0.3 is 0 Å². The van der Waals surface area contributed by atoms with Gasteiger partial charge in [-0.15, -0.1) is 0 Å². The van der Waals surface area contributed by atoms with E-state index < -0.39 is 0 Å². The summed E-state index contributed by atoms with van der Waals surface area (Å²) in [5.74, 6) is 0.706. The largest absolute Gasteiger partial charge is 0.496 e. The predicted molar refractivity (Wildman–Crippen MR) is 86.0 cm³/mol. The number of amides is 1. The van der Waals surface area contributed by atoms with Gasteiger partial charge in [-0.05, 0) is 50.1 Å². The molecule has 0 radical (unpaired) electrons. The van der Waals surface area contributed by atoms with E-state index in [9.17, 15) is 4.79 Å². The van der Waals surface area contributed by atoms with E-state index in [1.165, 1.54) is 11.1 Å². The molecule has 0 aromatic heterocycles. The van der Waals surface area contributed by atoms with Crippen molar-refractivity contribution in [1.29, 1.82) is 0 Å². The molecule has 2 aromatic carbocycles. The maximum atomic E-state index is 12.2. The van der Waals surface area contributed by atoms with Gasteiger partial charge in [-0.25, -0.2) is 0 Å². The van der Waals surface area contributed by atoms with Crippen LogP contribution in [0.1, 0.15) is 22.3 Å². The van der Waals surface area contributed by atoms with Gasteiger partial charge < -0.3 is 10.1 Å². The number of hydrogen-bond acceptors (Lipinski definition) is 2. The molecule has 0 aliphatic carbocycles. The number of nitrogens with one attached hydrogen (secondary N) is 1. The Morgan fingerprint density at radius 3 is 2.48 bits per heavy atom. The molecule has 0 saturated heterocycles. The van der Waals surface area contributed by atoms with Crippen LogP contribution in [-0.2, 0) is 11.2 Å². The van der Waals surface area contributed by atoms with Crippen molar-refractivity contribution in [1.82, 2.24) is 0 Å². The standard InChI is InChI=1S/C18H21NO2/c1-12-5-8-17(21-4)15(9-12)11-18(20)19-16-7-6-13(2)14(3)10-16/h5-10H,11H2,1-4H3,(H,19,20). The maximum absolute atomic E-state index is 12.2. The molecule has 3 heteroatoms. The molecule has 2 rings (SSSR count). The highest BCUT2D eigenvalue weighted by Crippen LogP contribution is 2.21. The smallest absolute Gasteiger partial charge is 0.228 e. The summed E-state index contributed by atoms with van der Waals surface area (Å²) >= 11 is 0. The maximum Gasteiger partial charge on any atom is 0.228 e. The lowest BCUT2D eigenvalue weighted by Crippen LogP contribution is -2.15. The second-order valence-corrected chi connectivity index (χ2v) is 5.34. The van der Waals surface area contributed by atoms with E-state index in [1.807, 2.05) is 50.2 Å². The van der Waals surface area contributed by atoms with Crippen LogP contribution in [0.2, 0.25) is 0 Å². The third kappa shape index (κ3) is 3.85. The molecule has 0 saturated carbocycles. The Bertz CT molecular complexity index is 662. The van der Waals surface area contributed by atoms with Gasteiger partial charge in [0, 0.05) is 11.3 Å². The molecule has 0 aliphatic rings. The fourth-order valence-corrected chi connectivity index (χ4v) is 2.24. The Labute approximate surface area is 126 Å². The Kier molecular flexibility index (Phi) is 4.63. The van der Waals surface area contributed by atoms with Crippen molar-refractivity contribution in [2.75, 3.05) is 12.4 Å². The van der Waals surface area contributed by atoms with Crippen molar-refractivity contribution in [3.63, 3.8) is 0 Å². The Morgan fingerprint density at radius 2 is 1.81 bits per heavy atom. The lowest BCUT2D eigenvalue weighted by molar-refractivity contribution is -0.115. The molecule has 1 amide bonds. The second-order valence-electron chi connectivity index (χ2n) is 5.34. The van der Waals surface area contributed by atoms with Crippen molar-refractivity contribution >= 4 is 11.6 Å². The summed E-state index contributed by atoms with van der Waals surface area (Å²) in [6.45, 7) is 6.09. The molecule has 0 bridgehead atoms. The minimum absolute atomic E-state index is 0.0397. The molecule has 0 unspecified atom stereocenters. The normalized spacial score (nSPS) is 10.3. The fourth-order valence-electron chi connectivity index (χ4n) is 2.24. The van der Waals surface area contributed by atoms with E-state index in [2.05, 4.69) is 12.2 Å². The van der Waals surface area contributed by atoms with Crippen LogP contribution in [0.4, 0.5) is 5.69 Å². The highest BCUT2D eigenvalue weighted by molar-refractivity contribution is 5.92. The van der Waals surface area contributed by atoms with Crippen LogP contribution in [0.15, 0.2) is 36.4 Å². The van der Waals surface area contributed by atoms with Crippen LogP contribution >= 0.6 is 0 Å². The van der Waals surface area contributed by atoms with Gasteiger partial charge in [0.05, 0.1) is 13.5 Å². The average molecular weight is 283 g/mol. The number of benzene rings is 2. The van der Waals surface area contributed by atoms with Gasteiger partial charge in [0.1, 0.15) is 5.75 Å². The monoisotopic (exact) mass is 283 g/mol. The first kappa shape index (κ1) is 15.1. The third-order valence-corrected chi connectivity index (χ3v) is 3.58. The van der Waals surface area contributed by atoms with Gasteiger partial charge in [0.25, 0.3) is 0 Å². The molecule has 110 valence electrons. The van der Waals surface area contributed by atoms with E-state index in [0.717, 1.165) is 22.6 Å². The summed E-state index contributed by atoms with van der Waals surface area (Å²) < 4.78 is 5.31. The minimum Gasteiger partial charge on any atom is -0.496 e. The summed E-state index contributed by atoms with van der Waals surface area (Å²) in [6.07, 6.45) is 0.303. The molecule has 3 nitrogen and oxygen atoms in total. The first-order chi connectivity index (χ1) is 9.99. The topological polar surface area (TPSA) is 38.3 Å². The van der Waals surface area contributed by atoms with Crippen molar-refractivity contribution in [2.45, 2.75) is 27.2 Å². The summed E-state index contributed by atoms with van der Waals surface area (Å²) in [4.78, 5) is 12.2. The summed E-state index contributed by atoms with van der Waals surface area (Å²) in [7, 11) is 1.62. The van der Waals surface area contributed by atoms with Gasteiger partial charge in [-0.3, -0.25) is 4.79 Å². The van der Waals surface area contributed by atoms with E-state index in [0.29, 0.717) is 6.42 Å². The zero-order valence-electron chi connectivity index (χ0n) is 13.0. The first-order valence-electron chi connectivity index (χ1n) is 7.00.